The second kappa shape index (κ2) is 12.6. The van der Waals surface area contributed by atoms with E-state index in [0.717, 1.165) is 11.1 Å². The Balaban J connectivity index is 2.25. The molecular formula is C28H43NO6SSi. The summed E-state index contributed by atoms with van der Waals surface area (Å²) in [6, 6.07) is 8.90. The van der Waals surface area contributed by atoms with E-state index in [1.165, 1.54) is 18.9 Å². The van der Waals surface area contributed by atoms with E-state index in [-0.39, 0.29) is 27.9 Å². The van der Waals surface area contributed by atoms with Crippen molar-refractivity contribution in [3.8, 4) is 0 Å². The first kappa shape index (κ1) is 31.1. The van der Waals surface area contributed by atoms with Gasteiger partial charge in [0.2, 0.25) is 0 Å². The van der Waals surface area contributed by atoms with Gasteiger partial charge in [0.25, 0.3) is 0 Å². The third kappa shape index (κ3) is 9.61. The fraction of sp³-hybridized carbons (Fsp3) is 0.607. The largest absolute Gasteiger partial charge is 0.467 e. The molecular weight excluding hydrogens is 506 g/mol. The van der Waals surface area contributed by atoms with Crippen LogP contribution >= 0.6 is 11.8 Å². The molecule has 2 unspecified atom stereocenters. The number of benzene rings is 1. The van der Waals surface area contributed by atoms with E-state index in [9.17, 15) is 14.4 Å². The first-order valence-electron chi connectivity index (χ1n) is 12.7. The van der Waals surface area contributed by atoms with Crippen LogP contribution in [0.4, 0.5) is 4.79 Å². The highest BCUT2D eigenvalue weighted by molar-refractivity contribution is 8.00. The lowest BCUT2D eigenvalue weighted by molar-refractivity contribution is -0.142. The Morgan fingerprint density at radius 3 is 2.27 bits per heavy atom. The molecule has 1 N–H and O–H groups in total. The Hall–Kier alpha value is -2.10. The molecule has 1 aromatic rings. The zero-order valence-electron chi connectivity index (χ0n) is 23.7. The number of ether oxygens (including phenoxy) is 2. The second-order valence-electron chi connectivity index (χ2n) is 11.9. The monoisotopic (exact) mass is 549 g/mol. The molecule has 0 saturated heterocycles. The Morgan fingerprint density at radius 1 is 1.11 bits per heavy atom. The normalized spacial score (nSPS) is 20.9. The zero-order valence-corrected chi connectivity index (χ0v) is 25.5. The number of esters is 1. The number of rotatable bonds is 8. The number of methoxy groups -OCH3 is 1. The highest BCUT2D eigenvalue weighted by Crippen LogP contribution is 2.41. The predicted octanol–water partition coefficient (Wildman–Crippen LogP) is 5.99. The van der Waals surface area contributed by atoms with Gasteiger partial charge in [-0.05, 0) is 56.1 Å². The fourth-order valence-corrected chi connectivity index (χ4v) is 6.37. The minimum atomic E-state index is -2.15. The van der Waals surface area contributed by atoms with Gasteiger partial charge >= 0.3 is 12.1 Å². The number of nitrogens with one attached hydrogen (secondary N) is 1. The molecule has 0 radical (unpaired) electrons. The first-order chi connectivity index (χ1) is 17.0. The van der Waals surface area contributed by atoms with Crippen LogP contribution in [-0.2, 0) is 23.5 Å². The summed E-state index contributed by atoms with van der Waals surface area (Å²) in [5, 5.41) is 2.45. The molecule has 2 rings (SSSR count). The van der Waals surface area contributed by atoms with Crippen LogP contribution in [0.2, 0.25) is 18.1 Å². The van der Waals surface area contributed by atoms with Crippen LogP contribution in [0.15, 0.2) is 35.9 Å². The van der Waals surface area contributed by atoms with Gasteiger partial charge in [-0.1, -0.05) is 51.1 Å². The number of Topliss-reactive ketones (excluding diaryl/α,β-unsaturated/α-hetero) is 1. The lowest BCUT2D eigenvalue weighted by Gasteiger charge is -2.43. The van der Waals surface area contributed by atoms with E-state index in [0.29, 0.717) is 12.8 Å². The zero-order chi connectivity index (χ0) is 28.0. The van der Waals surface area contributed by atoms with Crippen LogP contribution in [0, 0.1) is 0 Å². The topological polar surface area (TPSA) is 90.9 Å². The molecule has 9 heteroatoms. The minimum Gasteiger partial charge on any atom is -0.467 e. The van der Waals surface area contributed by atoms with Crippen LogP contribution in [0.25, 0.3) is 6.08 Å². The summed E-state index contributed by atoms with van der Waals surface area (Å²) in [5.74, 6) is -0.253. The molecule has 0 aromatic heterocycles. The molecule has 37 heavy (non-hydrogen) atoms. The van der Waals surface area contributed by atoms with Crippen LogP contribution in [-0.4, -0.2) is 62.0 Å². The number of carbonyl (C=O) groups is 3. The summed E-state index contributed by atoms with van der Waals surface area (Å²) in [5.41, 5.74) is 1.04. The molecule has 1 amide bonds. The van der Waals surface area contributed by atoms with Crippen molar-refractivity contribution in [2.45, 2.75) is 95.5 Å². The molecule has 3 atom stereocenters. The summed E-state index contributed by atoms with van der Waals surface area (Å²) in [6.07, 6.45) is 1.86. The summed E-state index contributed by atoms with van der Waals surface area (Å²) >= 11 is 1.46. The molecule has 1 saturated carbocycles. The molecule has 1 aliphatic carbocycles. The van der Waals surface area contributed by atoms with Crippen LogP contribution in [0.5, 0.6) is 0 Å². The lowest BCUT2D eigenvalue weighted by Crippen LogP contribution is -2.49. The summed E-state index contributed by atoms with van der Waals surface area (Å²) in [4.78, 5) is 38.0. The highest BCUT2D eigenvalue weighted by atomic mass is 32.2. The maximum Gasteiger partial charge on any atom is 0.408 e. The van der Waals surface area contributed by atoms with Gasteiger partial charge in [0.1, 0.15) is 11.6 Å². The van der Waals surface area contributed by atoms with Crippen molar-refractivity contribution in [1.82, 2.24) is 5.32 Å². The van der Waals surface area contributed by atoms with Crippen LogP contribution in [0.1, 0.15) is 59.9 Å². The maximum absolute atomic E-state index is 13.2. The number of hydrogen-bond donors (Lipinski definition) is 1. The van der Waals surface area contributed by atoms with Gasteiger partial charge in [-0.25, -0.2) is 9.59 Å². The molecule has 1 aromatic carbocycles. The van der Waals surface area contributed by atoms with Gasteiger partial charge in [0.05, 0.1) is 13.2 Å². The van der Waals surface area contributed by atoms with Crippen molar-refractivity contribution in [2.24, 2.45) is 0 Å². The number of ketones is 1. The molecule has 0 spiro atoms. The van der Waals surface area contributed by atoms with Gasteiger partial charge in [-0.15, -0.1) is 0 Å². The average Bonchev–Trinajstić information content (AvgIpc) is 2.77. The second-order valence-corrected chi connectivity index (χ2v) is 18.0. The van der Waals surface area contributed by atoms with Crippen molar-refractivity contribution >= 4 is 44.0 Å². The van der Waals surface area contributed by atoms with E-state index < -0.39 is 32.0 Å². The van der Waals surface area contributed by atoms with Crippen LogP contribution < -0.4 is 5.32 Å². The maximum atomic E-state index is 13.2. The minimum absolute atomic E-state index is 0.000197. The van der Waals surface area contributed by atoms with E-state index in [2.05, 4.69) is 39.2 Å². The summed E-state index contributed by atoms with van der Waals surface area (Å²) < 4.78 is 17.1. The van der Waals surface area contributed by atoms with Crippen LogP contribution in [0.3, 0.4) is 0 Å². The third-order valence-corrected chi connectivity index (χ3v) is 12.6. The molecule has 206 valence electrons. The van der Waals surface area contributed by atoms with Crippen molar-refractivity contribution in [1.29, 1.82) is 0 Å². The predicted molar refractivity (Wildman–Crippen MR) is 152 cm³/mol. The van der Waals surface area contributed by atoms with Gasteiger partial charge < -0.3 is 19.2 Å². The van der Waals surface area contributed by atoms with Gasteiger partial charge in [-0.3, -0.25) is 4.79 Å². The average molecular weight is 550 g/mol. The Labute approximate surface area is 227 Å². The van der Waals surface area contributed by atoms with Crippen molar-refractivity contribution in [2.75, 3.05) is 12.9 Å². The number of amides is 1. The quantitative estimate of drug-likeness (QED) is 0.242. The number of carbonyl (C=O) groups excluding carboxylic acids is 3. The van der Waals surface area contributed by atoms with Crippen molar-refractivity contribution in [3.05, 3.63) is 41.5 Å². The van der Waals surface area contributed by atoms with Gasteiger partial charge in [-0.2, -0.15) is 11.8 Å². The van der Waals surface area contributed by atoms with Crippen molar-refractivity contribution in [3.63, 3.8) is 0 Å². The SMILES string of the molecule is COC(=O)C(CS[C@@H]1CC(=O)/C(=C/c2ccccc2)CC1O[Si](C)(C)C(C)(C)C)NC(=O)OC(C)(C)C. The Bertz CT molecular complexity index is 981. The Morgan fingerprint density at radius 2 is 1.73 bits per heavy atom. The standard InChI is InChI=1S/C28H43NO6SSi/c1-27(2,3)34-26(32)29-21(25(31)33-7)18-36-24-17-22(30)20(15-19-13-11-10-12-14-19)16-23(24)35-37(8,9)28(4,5)6/h10-15,21,23-24H,16-18H2,1-9H3,(H,29,32)/b20-15+/t21?,23?,24-/m1/s1. The van der Waals surface area contributed by atoms with Crippen molar-refractivity contribution < 1.29 is 28.3 Å². The van der Waals surface area contributed by atoms with E-state index in [4.69, 9.17) is 13.9 Å². The smallest absolute Gasteiger partial charge is 0.408 e. The van der Waals surface area contributed by atoms with E-state index >= 15 is 0 Å². The molecule has 1 aliphatic rings. The van der Waals surface area contributed by atoms with Gasteiger partial charge in [0, 0.05) is 23.8 Å². The third-order valence-electron chi connectivity index (χ3n) is 6.63. The highest BCUT2D eigenvalue weighted by Gasteiger charge is 2.43. The fourth-order valence-electron chi connectivity index (χ4n) is 3.62. The molecule has 0 heterocycles. The number of alkyl carbamates (subject to hydrolysis) is 1. The summed E-state index contributed by atoms with van der Waals surface area (Å²) in [6.45, 7) is 16.2. The van der Waals surface area contributed by atoms with Gasteiger partial charge in [0.15, 0.2) is 14.1 Å². The Kier molecular flexibility index (Phi) is 10.6. The summed E-state index contributed by atoms with van der Waals surface area (Å²) in [7, 11) is -0.866. The number of hydrogen-bond acceptors (Lipinski definition) is 7. The molecule has 1 fully saturated rings. The number of thioether (sulfide) groups is 1. The van der Waals surface area contributed by atoms with E-state index in [1.807, 2.05) is 36.4 Å². The molecule has 0 bridgehead atoms. The molecule has 7 nitrogen and oxygen atoms in total. The first-order valence-corrected chi connectivity index (χ1v) is 16.6. The lowest BCUT2D eigenvalue weighted by atomic mass is 9.89. The van der Waals surface area contributed by atoms with E-state index in [1.54, 1.807) is 20.8 Å². The molecule has 0 aliphatic heterocycles.